The van der Waals surface area contributed by atoms with Gasteiger partial charge in [0.2, 0.25) is 5.89 Å². The number of Topliss-reactive ketones (excluding diaryl/α,β-unsaturated/α-hetero) is 1. The number of benzene rings is 1. The Balaban J connectivity index is 1.25. The lowest BCUT2D eigenvalue weighted by Crippen LogP contribution is -2.65. The van der Waals surface area contributed by atoms with E-state index in [-0.39, 0.29) is 51.3 Å². The number of nitrogens with zero attached hydrogens (tertiary/aromatic N) is 1. The second-order valence-electron chi connectivity index (χ2n) is 16.6. The summed E-state index contributed by atoms with van der Waals surface area (Å²) in [4.78, 5) is 19.0. The monoisotopic (exact) mass is 603 g/mol. The van der Waals surface area contributed by atoms with Crippen molar-refractivity contribution in [2.75, 3.05) is 0 Å². The van der Waals surface area contributed by atoms with Crippen LogP contribution in [0, 0.1) is 51.2 Å². The zero-order valence-electron chi connectivity index (χ0n) is 27.2. The molecule has 1 aromatic heterocycles. The van der Waals surface area contributed by atoms with Crippen LogP contribution in [0.2, 0.25) is 5.02 Å². The highest BCUT2D eigenvalue weighted by atomic mass is 35.5. The summed E-state index contributed by atoms with van der Waals surface area (Å²) in [5.74, 6) is 3.29. The number of carbonyl (C=O) groups excluding carboxylic acids is 1. The van der Waals surface area contributed by atoms with Crippen LogP contribution in [0.5, 0.6) is 0 Å². The Morgan fingerprint density at radius 2 is 1.60 bits per heavy atom. The minimum absolute atomic E-state index is 0.0376. The number of fused-ring (bicyclic) bond motifs is 7. The predicted octanol–water partition coefficient (Wildman–Crippen LogP) is 9.66. The van der Waals surface area contributed by atoms with E-state index in [0.29, 0.717) is 34.4 Å². The zero-order chi connectivity index (χ0) is 30.7. The van der Waals surface area contributed by atoms with Gasteiger partial charge in [0.05, 0.1) is 18.2 Å². The van der Waals surface area contributed by atoms with E-state index in [1.807, 2.05) is 24.3 Å². The quantitative estimate of drug-likeness (QED) is 0.379. The maximum absolute atomic E-state index is 14.4. The molecule has 1 heterocycles. The Labute approximate surface area is 263 Å². The molecule has 0 bridgehead atoms. The zero-order valence-corrected chi connectivity index (χ0v) is 27.9. The molecule has 4 fully saturated rings. The maximum atomic E-state index is 14.4. The van der Waals surface area contributed by atoms with Gasteiger partial charge >= 0.3 is 0 Å². The molecule has 9 atom stereocenters. The average Bonchev–Trinajstić information content (AvgIpc) is 3.54. The van der Waals surface area contributed by atoms with E-state index in [1.54, 1.807) is 6.20 Å². The normalized spacial score (nSPS) is 42.0. The fourth-order valence-corrected chi connectivity index (χ4v) is 12.2. The van der Waals surface area contributed by atoms with Crippen LogP contribution in [0.3, 0.4) is 0 Å². The highest BCUT2D eigenvalue weighted by molar-refractivity contribution is 6.30. The molecule has 1 unspecified atom stereocenters. The Hall–Kier alpha value is -1.91. The average molecular weight is 604 g/mol. The molecular weight excluding hydrogens is 554 g/mol. The van der Waals surface area contributed by atoms with Crippen LogP contribution in [0.4, 0.5) is 0 Å². The van der Waals surface area contributed by atoms with Crippen LogP contribution in [0.1, 0.15) is 112 Å². The van der Waals surface area contributed by atoms with Crippen molar-refractivity contribution in [2.45, 2.75) is 112 Å². The topological polar surface area (TPSA) is 63.3 Å². The number of oxazole rings is 1. The first kappa shape index (κ1) is 29.8. The highest BCUT2D eigenvalue weighted by Crippen LogP contribution is 2.76. The van der Waals surface area contributed by atoms with Crippen LogP contribution in [-0.2, 0) is 4.79 Å². The minimum atomic E-state index is -0.273. The Bertz CT molecular complexity index is 1470. The number of carbonyl (C=O) groups is 1. The first-order valence-corrected chi connectivity index (χ1v) is 17.3. The fraction of sp³-hybridized carbons (Fsp3) is 0.684. The lowest BCUT2D eigenvalue weighted by molar-refractivity contribution is -0.226. The molecule has 0 amide bonds. The van der Waals surface area contributed by atoms with Gasteiger partial charge in [-0.2, -0.15) is 0 Å². The van der Waals surface area contributed by atoms with E-state index >= 15 is 0 Å². The van der Waals surface area contributed by atoms with Crippen molar-refractivity contribution >= 4 is 17.4 Å². The summed E-state index contributed by atoms with van der Waals surface area (Å²) in [6, 6.07) is 7.54. The summed E-state index contributed by atoms with van der Waals surface area (Å²) in [5, 5.41) is 11.7. The molecule has 0 aliphatic heterocycles. The van der Waals surface area contributed by atoms with Gasteiger partial charge in [-0.1, -0.05) is 65.6 Å². The van der Waals surface area contributed by atoms with Crippen LogP contribution in [0.25, 0.3) is 11.5 Å². The molecule has 1 aromatic carbocycles. The largest absolute Gasteiger partial charge is 0.440 e. The molecule has 5 aliphatic rings. The molecule has 5 heteroatoms. The Morgan fingerprint density at radius 1 is 0.907 bits per heavy atom. The number of hydrogen-bond donors (Lipinski definition) is 1. The number of aliphatic hydroxyl groups excluding tert-OH is 1. The van der Waals surface area contributed by atoms with Gasteiger partial charge in [-0.25, -0.2) is 4.98 Å². The van der Waals surface area contributed by atoms with Gasteiger partial charge in [-0.3, -0.25) is 4.79 Å². The lowest BCUT2D eigenvalue weighted by Gasteiger charge is -2.71. The standard InChI is InChI=1S/C38H50ClNO3/c1-21(2)30-31-24(32(33(30)42)26-20-40-34(43-26)22-8-10-23(39)11-9-22)14-18-37(6)25(31)12-13-28-36(5)17-16-29(41)35(3,4)27(36)15-19-38(28,37)7/h8-11,20-21,24-25,27-29,32,41H,12-19H2,1-7H3/t24?,25-,27+,28-,29+,32-,36+,37-,38-/m1/s1. The summed E-state index contributed by atoms with van der Waals surface area (Å²) in [6.45, 7) is 16.9. The van der Waals surface area contributed by atoms with Crippen molar-refractivity contribution in [3.63, 3.8) is 0 Å². The highest BCUT2D eigenvalue weighted by Gasteiger charge is 2.69. The first-order valence-electron chi connectivity index (χ1n) is 16.9. The second-order valence-corrected chi connectivity index (χ2v) is 17.0. The van der Waals surface area contributed by atoms with Gasteiger partial charge in [0.25, 0.3) is 0 Å². The van der Waals surface area contributed by atoms with Crippen LogP contribution < -0.4 is 0 Å². The molecule has 0 spiro atoms. The number of hydrogen-bond acceptors (Lipinski definition) is 4. The summed E-state index contributed by atoms with van der Waals surface area (Å²) in [6.07, 6.45) is 10.6. The van der Waals surface area contributed by atoms with Crippen molar-refractivity contribution in [3.8, 4) is 11.5 Å². The third-order valence-electron chi connectivity index (χ3n) is 14.4. The van der Waals surface area contributed by atoms with E-state index in [2.05, 4.69) is 53.5 Å². The van der Waals surface area contributed by atoms with E-state index in [9.17, 15) is 9.90 Å². The minimum Gasteiger partial charge on any atom is -0.440 e. The molecule has 0 saturated heterocycles. The van der Waals surface area contributed by atoms with Gasteiger partial charge in [-0.15, -0.1) is 0 Å². The lowest BCUT2D eigenvalue weighted by atomic mass is 9.33. The predicted molar refractivity (Wildman–Crippen MR) is 172 cm³/mol. The molecular formula is C38H50ClNO3. The van der Waals surface area contributed by atoms with Crippen molar-refractivity contribution in [3.05, 3.63) is 52.4 Å². The molecule has 7 rings (SSSR count). The van der Waals surface area contributed by atoms with E-state index in [1.165, 1.54) is 24.8 Å². The van der Waals surface area contributed by atoms with Crippen molar-refractivity contribution in [2.24, 2.45) is 51.2 Å². The van der Waals surface area contributed by atoms with Crippen LogP contribution in [0.15, 0.2) is 46.0 Å². The van der Waals surface area contributed by atoms with Gasteiger partial charge in [0, 0.05) is 10.6 Å². The van der Waals surface area contributed by atoms with Gasteiger partial charge in [0.1, 0.15) is 5.76 Å². The molecule has 43 heavy (non-hydrogen) atoms. The molecule has 5 aliphatic carbocycles. The van der Waals surface area contributed by atoms with Crippen LogP contribution >= 0.6 is 11.6 Å². The molecule has 4 nitrogen and oxygen atoms in total. The van der Waals surface area contributed by atoms with Gasteiger partial charge < -0.3 is 9.52 Å². The van der Waals surface area contributed by atoms with Crippen molar-refractivity contribution in [1.82, 2.24) is 4.98 Å². The molecule has 4 saturated carbocycles. The van der Waals surface area contributed by atoms with Crippen molar-refractivity contribution < 1.29 is 14.3 Å². The summed E-state index contributed by atoms with van der Waals surface area (Å²) < 4.78 is 6.39. The van der Waals surface area contributed by atoms with E-state index < -0.39 is 0 Å². The third kappa shape index (κ3) is 3.97. The third-order valence-corrected chi connectivity index (χ3v) is 14.6. The second kappa shape index (κ2) is 9.79. The number of aromatic nitrogens is 1. The number of ketones is 1. The number of rotatable bonds is 3. The Morgan fingerprint density at radius 3 is 2.30 bits per heavy atom. The summed E-state index contributed by atoms with van der Waals surface area (Å²) >= 11 is 6.12. The number of aliphatic hydroxyl groups is 1. The van der Waals surface area contributed by atoms with Crippen LogP contribution in [-0.4, -0.2) is 22.0 Å². The molecule has 0 radical (unpaired) electrons. The molecule has 232 valence electrons. The number of allylic oxidation sites excluding steroid dienone is 2. The number of halogens is 1. The Kier molecular flexibility index (Phi) is 6.78. The van der Waals surface area contributed by atoms with Gasteiger partial charge in [-0.05, 0) is 132 Å². The van der Waals surface area contributed by atoms with Gasteiger partial charge in [0.15, 0.2) is 5.78 Å². The molecule has 1 N–H and O–H groups in total. The maximum Gasteiger partial charge on any atom is 0.226 e. The first-order chi connectivity index (χ1) is 20.2. The smallest absolute Gasteiger partial charge is 0.226 e. The summed E-state index contributed by atoms with van der Waals surface area (Å²) in [5.41, 5.74) is 4.01. The van der Waals surface area contributed by atoms with E-state index in [4.69, 9.17) is 16.0 Å². The van der Waals surface area contributed by atoms with E-state index in [0.717, 1.165) is 43.2 Å². The summed E-state index contributed by atoms with van der Waals surface area (Å²) in [7, 11) is 0. The fourth-order valence-electron chi connectivity index (χ4n) is 12.1. The van der Waals surface area contributed by atoms with Crippen molar-refractivity contribution in [1.29, 1.82) is 0 Å². The SMILES string of the molecule is CC(C)C1=C2C(CC[C@]3(C)[C@@H]2CC[C@@H]2[C@@]4(C)CC[C@H](O)C(C)(C)[C@@H]4CC[C@]23C)[C@H](c2cnc(-c3ccc(Cl)cc3)o2)C1=O. The molecule has 2 aromatic rings.